The lowest BCUT2D eigenvalue weighted by atomic mass is 10.0. The van der Waals surface area contributed by atoms with E-state index in [1.165, 1.54) is 11.3 Å². The van der Waals surface area contributed by atoms with E-state index in [0.29, 0.717) is 6.54 Å². The van der Waals surface area contributed by atoms with Crippen LogP contribution in [0, 0.1) is 0 Å². The van der Waals surface area contributed by atoms with Crippen LogP contribution in [-0.2, 0) is 4.74 Å². The Hall–Kier alpha value is -0.870. The van der Waals surface area contributed by atoms with Gasteiger partial charge < -0.3 is 20.7 Å². The van der Waals surface area contributed by atoms with Crippen LogP contribution >= 0.6 is 35.3 Å². The normalized spacial score (nSPS) is 20.3. The van der Waals surface area contributed by atoms with Gasteiger partial charge in [0.15, 0.2) is 5.96 Å². The van der Waals surface area contributed by atoms with Crippen molar-refractivity contribution in [2.24, 2.45) is 4.99 Å². The van der Waals surface area contributed by atoms with Gasteiger partial charge in [0, 0.05) is 33.3 Å². The fraction of sp³-hybridized carbons (Fsp3) is 0.625. The predicted octanol–water partition coefficient (Wildman–Crippen LogP) is 2.22. The van der Waals surface area contributed by atoms with Gasteiger partial charge in [-0.3, -0.25) is 9.79 Å². The van der Waals surface area contributed by atoms with Crippen LogP contribution < -0.4 is 16.0 Å². The summed E-state index contributed by atoms with van der Waals surface area (Å²) < 4.78 is 5.75. The molecule has 0 saturated carbocycles. The summed E-state index contributed by atoms with van der Waals surface area (Å²) in [6.45, 7) is 5.11. The molecule has 2 rings (SSSR count). The van der Waals surface area contributed by atoms with Crippen LogP contribution in [0.3, 0.4) is 0 Å². The Bertz CT molecular complexity index is 516. The number of nitrogens with zero attached hydrogens (tertiary/aromatic N) is 1. The van der Waals surface area contributed by atoms with Gasteiger partial charge in [-0.25, -0.2) is 0 Å². The van der Waals surface area contributed by atoms with Crippen LogP contribution in [0.2, 0.25) is 0 Å². The van der Waals surface area contributed by atoms with Gasteiger partial charge in [0.1, 0.15) is 0 Å². The smallest absolute Gasteiger partial charge is 0.261 e. The predicted molar refractivity (Wildman–Crippen MR) is 110 cm³/mol. The van der Waals surface area contributed by atoms with Crippen molar-refractivity contribution in [1.29, 1.82) is 0 Å². The van der Waals surface area contributed by atoms with Crippen LogP contribution in [0.4, 0.5) is 0 Å². The maximum atomic E-state index is 11.8. The first-order chi connectivity index (χ1) is 11.1. The lowest BCUT2D eigenvalue weighted by Gasteiger charge is -2.24. The summed E-state index contributed by atoms with van der Waals surface area (Å²) in [6.07, 6.45) is 3.03. The minimum absolute atomic E-state index is 0. The molecule has 0 aromatic carbocycles. The molecule has 0 aliphatic carbocycles. The molecule has 0 spiro atoms. The second kappa shape index (κ2) is 10.9. The van der Waals surface area contributed by atoms with E-state index in [9.17, 15) is 4.79 Å². The number of halogens is 1. The van der Waals surface area contributed by atoms with Gasteiger partial charge in [-0.2, -0.15) is 0 Å². The highest BCUT2D eigenvalue weighted by molar-refractivity contribution is 14.0. The van der Waals surface area contributed by atoms with E-state index >= 15 is 0 Å². The van der Waals surface area contributed by atoms with Gasteiger partial charge in [0.25, 0.3) is 5.91 Å². The molecule has 0 bridgehead atoms. The van der Waals surface area contributed by atoms with E-state index in [1.54, 1.807) is 7.05 Å². The summed E-state index contributed by atoms with van der Waals surface area (Å²) in [4.78, 5) is 16.7. The van der Waals surface area contributed by atoms with Crippen molar-refractivity contribution in [2.75, 3.05) is 33.3 Å². The topological polar surface area (TPSA) is 74.8 Å². The van der Waals surface area contributed by atoms with E-state index in [0.717, 1.165) is 49.8 Å². The third kappa shape index (κ3) is 6.94. The lowest BCUT2D eigenvalue weighted by molar-refractivity contribution is 0.0243. The monoisotopic (exact) mass is 466 g/mol. The highest BCUT2D eigenvalue weighted by Gasteiger charge is 2.29. The summed E-state index contributed by atoms with van der Waals surface area (Å²) in [5.74, 6) is 0.764. The molecule has 1 amide bonds. The largest absolute Gasteiger partial charge is 0.373 e. The molecule has 1 aliphatic heterocycles. The van der Waals surface area contributed by atoms with Gasteiger partial charge >= 0.3 is 0 Å². The molecule has 1 atom stereocenters. The number of ether oxygens (including phenoxy) is 1. The first kappa shape index (κ1) is 21.2. The second-order valence-electron chi connectivity index (χ2n) is 5.84. The number of carbonyl (C=O) groups excluding carboxylic acids is 1. The number of hydrogen-bond donors (Lipinski definition) is 3. The standard InChI is InChI=1S/C16H26N4O2S.HI/c1-16(7-4-10-22-16)12-20-15(17-2)19-9-5-8-18-14(21)13-6-3-11-23-13;/h3,6,11H,4-5,7-10,12H2,1-2H3,(H,18,21)(H2,17,19,20);1H. The number of hydrogen-bond acceptors (Lipinski definition) is 4. The molecule has 2 heterocycles. The second-order valence-corrected chi connectivity index (χ2v) is 6.79. The molecule has 136 valence electrons. The highest BCUT2D eigenvalue weighted by atomic mass is 127. The summed E-state index contributed by atoms with van der Waals surface area (Å²) in [5, 5.41) is 11.4. The molecular formula is C16H27IN4O2S. The molecular weight excluding hydrogens is 439 g/mol. The summed E-state index contributed by atoms with van der Waals surface area (Å²) in [7, 11) is 1.76. The van der Waals surface area contributed by atoms with Gasteiger partial charge in [-0.15, -0.1) is 35.3 Å². The Morgan fingerprint density at radius 1 is 1.38 bits per heavy atom. The Morgan fingerprint density at radius 2 is 2.17 bits per heavy atom. The van der Waals surface area contributed by atoms with Crippen molar-refractivity contribution in [1.82, 2.24) is 16.0 Å². The number of rotatable bonds is 7. The number of guanidine groups is 1. The molecule has 1 aromatic heterocycles. The Morgan fingerprint density at radius 3 is 2.79 bits per heavy atom. The molecule has 3 N–H and O–H groups in total. The first-order valence-electron chi connectivity index (χ1n) is 8.03. The van der Waals surface area contributed by atoms with Crippen molar-refractivity contribution in [3.63, 3.8) is 0 Å². The van der Waals surface area contributed by atoms with E-state index in [2.05, 4.69) is 27.9 Å². The summed E-state index contributed by atoms with van der Waals surface area (Å²) in [6, 6.07) is 3.71. The van der Waals surface area contributed by atoms with Crippen molar-refractivity contribution in [3.8, 4) is 0 Å². The minimum atomic E-state index is -0.0910. The quantitative estimate of drug-likeness (QED) is 0.249. The number of amides is 1. The number of carbonyl (C=O) groups is 1. The number of thiophene rings is 1. The third-order valence-electron chi connectivity index (χ3n) is 3.83. The zero-order valence-corrected chi connectivity index (χ0v) is 17.4. The van der Waals surface area contributed by atoms with Crippen LogP contribution in [0.15, 0.2) is 22.5 Å². The van der Waals surface area contributed by atoms with Gasteiger partial charge in [-0.05, 0) is 37.6 Å². The van der Waals surface area contributed by atoms with Crippen LogP contribution in [0.1, 0.15) is 35.9 Å². The minimum Gasteiger partial charge on any atom is -0.373 e. The number of aliphatic imine (C=N–C) groups is 1. The summed E-state index contributed by atoms with van der Waals surface area (Å²) >= 11 is 1.45. The van der Waals surface area contributed by atoms with E-state index in [1.807, 2.05) is 17.5 Å². The third-order valence-corrected chi connectivity index (χ3v) is 4.70. The van der Waals surface area contributed by atoms with E-state index in [4.69, 9.17) is 4.74 Å². The maximum absolute atomic E-state index is 11.8. The molecule has 8 heteroatoms. The van der Waals surface area contributed by atoms with Gasteiger partial charge in [0.05, 0.1) is 10.5 Å². The van der Waals surface area contributed by atoms with Gasteiger partial charge in [-0.1, -0.05) is 6.07 Å². The Balaban J connectivity index is 0.00000288. The highest BCUT2D eigenvalue weighted by Crippen LogP contribution is 2.23. The Kier molecular flexibility index (Phi) is 9.60. The van der Waals surface area contributed by atoms with Crippen LogP contribution in [0.25, 0.3) is 0 Å². The lowest BCUT2D eigenvalue weighted by Crippen LogP contribution is -2.46. The average molecular weight is 466 g/mol. The number of nitrogens with one attached hydrogen (secondary N) is 3. The molecule has 1 unspecified atom stereocenters. The zero-order chi connectivity index (χ0) is 16.5. The summed E-state index contributed by atoms with van der Waals surface area (Å²) in [5.41, 5.74) is -0.0910. The average Bonchev–Trinajstić information content (AvgIpc) is 3.22. The van der Waals surface area contributed by atoms with Crippen molar-refractivity contribution < 1.29 is 9.53 Å². The van der Waals surface area contributed by atoms with E-state index < -0.39 is 0 Å². The molecule has 1 fully saturated rings. The SMILES string of the molecule is CN=C(NCCCNC(=O)c1cccs1)NCC1(C)CCCO1.I. The zero-order valence-electron chi connectivity index (χ0n) is 14.3. The van der Waals surface area contributed by atoms with Crippen molar-refractivity contribution >= 4 is 47.2 Å². The molecule has 24 heavy (non-hydrogen) atoms. The van der Waals surface area contributed by atoms with E-state index in [-0.39, 0.29) is 35.5 Å². The van der Waals surface area contributed by atoms with Crippen LogP contribution in [-0.4, -0.2) is 50.8 Å². The van der Waals surface area contributed by atoms with Crippen molar-refractivity contribution in [3.05, 3.63) is 22.4 Å². The van der Waals surface area contributed by atoms with Crippen molar-refractivity contribution in [2.45, 2.75) is 31.8 Å². The van der Waals surface area contributed by atoms with Crippen LogP contribution in [0.5, 0.6) is 0 Å². The molecule has 1 aliphatic rings. The first-order valence-corrected chi connectivity index (χ1v) is 8.91. The van der Waals surface area contributed by atoms with Gasteiger partial charge in [0.2, 0.25) is 0 Å². The fourth-order valence-corrected chi connectivity index (χ4v) is 3.10. The molecule has 1 aromatic rings. The Labute approximate surface area is 164 Å². The molecule has 6 nitrogen and oxygen atoms in total. The maximum Gasteiger partial charge on any atom is 0.261 e. The fourth-order valence-electron chi connectivity index (χ4n) is 2.46. The molecule has 1 saturated heterocycles. The molecule has 0 radical (unpaired) electrons.